The molecule has 13 N–H and O–H groups in total. The zero-order valence-electron chi connectivity index (χ0n) is 33.4. The van der Waals surface area contributed by atoms with Crippen LogP contribution in [0.1, 0.15) is 70.9 Å². The largest absolute Gasteiger partial charge is 0.370 e. The lowest BCUT2D eigenvalue weighted by atomic mass is 10.0. The average molecular weight is 804 g/mol. The summed E-state index contributed by atoms with van der Waals surface area (Å²) in [6, 6.07) is 9.67. The van der Waals surface area contributed by atoms with E-state index in [9.17, 15) is 33.6 Å². The number of carbonyl (C=O) groups is 7. The van der Waals surface area contributed by atoms with E-state index in [1.54, 1.807) is 36.5 Å². The Morgan fingerprint density at radius 3 is 1.76 bits per heavy atom. The molecule has 1 heterocycles. The lowest BCUT2D eigenvalue weighted by Gasteiger charge is -2.26. The van der Waals surface area contributed by atoms with E-state index in [-0.39, 0.29) is 38.2 Å². The van der Waals surface area contributed by atoms with Crippen molar-refractivity contribution in [2.24, 2.45) is 22.2 Å². The zero-order chi connectivity index (χ0) is 42.8. The van der Waals surface area contributed by atoms with Crippen molar-refractivity contribution < 1.29 is 33.6 Å². The standard InChI is InChI=1S/C40H57N11O7/c1-5-6-16-30(48-25(4)52)37(56)46-24(3)36(55)51-33(20-26-13-8-7-9-14-26)39(58)49-31(18-12-19-44-40(42)43)38(57)47-23(2)35(54)50-32(34(41)53)21-27-22-45-29-17-11-10-15-28(27)29/h7-11,13-15,17,22-24,30-33,45H,5-6,12,16,18-21H2,1-4H3,(H2,41,53)(H,46,56)(H,47,57)(H,48,52)(H,49,58)(H,50,54)(H,51,55)(H4,42,43,44). The summed E-state index contributed by atoms with van der Waals surface area (Å²) in [4.78, 5) is 98.7. The van der Waals surface area contributed by atoms with E-state index in [2.05, 4.69) is 41.9 Å². The minimum absolute atomic E-state index is 0.0240. The highest BCUT2D eigenvalue weighted by atomic mass is 16.2. The predicted molar refractivity (Wildman–Crippen MR) is 219 cm³/mol. The van der Waals surface area contributed by atoms with Gasteiger partial charge in [0, 0.05) is 43.4 Å². The van der Waals surface area contributed by atoms with Gasteiger partial charge in [-0.3, -0.25) is 38.6 Å². The Balaban J connectivity index is 1.76. The molecule has 0 aliphatic rings. The number of hydrogen-bond acceptors (Lipinski definition) is 8. The molecule has 0 bridgehead atoms. The van der Waals surface area contributed by atoms with Crippen LogP contribution in [0.15, 0.2) is 65.8 Å². The minimum atomic E-state index is -1.22. The Labute approximate surface area is 337 Å². The number of benzene rings is 2. The molecule has 2 aromatic carbocycles. The maximum atomic E-state index is 14.0. The summed E-state index contributed by atoms with van der Waals surface area (Å²) in [6.07, 6.45) is 3.97. The highest BCUT2D eigenvalue weighted by Gasteiger charge is 2.31. The fraction of sp³-hybridized carbons (Fsp3) is 0.450. The maximum Gasteiger partial charge on any atom is 0.243 e. The van der Waals surface area contributed by atoms with Crippen LogP contribution in [0.3, 0.4) is 0 Å². The lowest BCUT2D eigenvalue weighted by Crippen LogP contribution is -2.59. The van der Waals surface area contributed by atoms with Gasteiger partial charge in [-0.15, -0.1) is 0 Å². The number of H-pyrrole nitrogens is 1. The lowest BCUT2D eigenvalue weighted by molar-refractivity contribution is -0.135. The fourth-order valence-corrected chi connectivity index (χ4v) is 6.12. The normalized spacial score (nSPS) is 14.0. The van der Waals surface area contributed by atoms with Crippen molar-refractivity contribution in [3.8, 4) is 0 Å². The third kappa shape index (κ3) is 14.9. The van der Waals surface area contributed by atoms with Crippen LogP contribution >= 0.6 is 0 Å². The molecule has 18 heteroatoms. The number of hydrogen-bond donors (Lipinski definition) is 10. The van der Waals surface area contributed by atoms with E-state index in [0.717, 1.165) is 22.9 Å². The number of fused-ring (bicyclic) bond motifs is 1. The van der Waals surface area contributed by atoms with Crippen LogP contribution in [0.5, 0.6) is 0 Å². The molecule has 3 rings (SSSR count). The summed E-state index contributed by atoms with van der Waals surface area (Å²) < 4.78 is 0. The number of carbonyl (C=O) groups excluding carboxylic acids is 7. The number of aliphatic imine (C=N–C) groups is 1. The number of nitrogens with one attached hydrogen (secondary N) is 7. The molecule has 7 amide bonds. The van der Waals surface area contributed by atoms with Gasteiger partial charge in [0.1, 0.15) is 36.3 Å². The molecule has 0 spiro atoms. The SMILES string of the molecule is CCCCC(NC(C)=O)C(=O)NC(C)C(=O)NC(Cc1ccccc1)C(=O)NC(CCCN=C(N)N)C(=O)NC(C)C(=O)NC(Cc1c[nH]c2ccccc12)C(N)=O. The molecular weight excluding hydrogens is 747 g/mol. The van der Waals surface area contributed by atoms with E-state index in [0.29, 0.717) is 18.4 Å². The first-order valence-electron chi connectivity index (χ1n) is 19.3. The number of unbranched alkanes of at least 4 members (excludes halogenated alkanes) is 1. The van der Waals surface area contributed by atoms with Crippen LogP contribution in [0.4, 0.5) is 0 Å². The molecule has 18 nitrogen and oxygen atoms in total. The summed E-state index contributed by atoms with van der Waals surface area (Å²) in [5, 5.41) is 16.7. The number of nitrogens with zero attached hydrogens (tertiary/aromatic N) is 1. The Bertz CT molecular complexity index is 1910. The summed E-state index contributed by atoms with van der Waals surface area (Å²) >= 11 is 0. The molecule has 0 radical (unpaired) electrons. The molecule has 314 valence electrons. The molecule has 0 saturated carbocycles. The first kappa shape index (κ1) is 45.9. The molecular formula is C40H57N11O7. The fourth-order valence-electron chi connectivity index (χ4n) is 6.12. The number of aromatic amines is 1. The number of nitrogens with two attached hydrogens (primary N) is 3. The van der Waals surface area contributed by atoms with Gasteiger partial charge in [0.25, 0.3) is 0 Å². The zero-order valence-corrected chi connectivity index (χ0v) is 33.4. The van der Waals surface area contributed by atoms with E-state index in [1.165, 1.54) is 20.8 Å². The van der Waals surface area contributed by atoms with E-state index in [1.807, 2.05) is 31.2 Å². The van der Waals surface area contributed by atoms with Crippen LogP contribution in [-0.4, -0.2) is 95.1 Å². The van der Waals surface area contributed by atoms with Gasteiger partial charge in [0.2, 0.25) is 41.4 Å². The first-order valence-corrected chi connectivity index (χ1v) is 19.3. The van der Waals surface area contributed by atoms with Gasteiger partial charge in [-0.25, -0.2) is 0 Å². The smallest absolute Gasteiger partial charge is 0.243 e. The Kier molecular flexibility index (Phi) is 18.2. The second-order valence-corrected chi connectivity index (χ2v) is 14.1. The van der Waals surface area contributed by atoms with Crippen LogP contribution < -0.4 is 49.1 Å². The van der Waals surface area contributed by atoms with Crippen LogP contribution in [0, 0.1) is 0 Å². The number of primary amides is 1. The summed E-state index contributed by atoms with van der Waals surface area (Å²) in [6.45, 7) is 6.24. The van der Waals surface area contributed by atoms with Gasteiger partial charge in [-0.1, -0.05) is 68.3 Å². The molecule has 1 aromatic heterocycles. The Morgan fingerprint density at radius 2 is 1.17 bits per heavy atom. The summed E-state index contributed by atoms with van der Waals surface area (Å²) in [7, 11) is 0. The number of aromatic nitrogens is 1. The van der Waals surface area contributed by atoms with E-state index in [4.69, 9.17) is 17.2 Å². The van der Waals surface area contributed by atoms with Crippen LogP contribution in [-0.2, 0) is 46.4 Å². The van der Waals surface area contributed by atoms with Crippen molar-refractivity contribution in [3.05, 3.63) is 71.9 Å². The van der Waals surface area contributed by atoms with Crippen molar-refractivity contribution in [1.29, 1.82) is 0 Å². The van der Waals surface area contributed by atoms with Gasteiger partial charge < -0.3 is 54.1 Å². The third-order valence-corrected chi connectivity index (χ3v) is 9.30. The van der Waals surface area contributed by atoms with E-state index >= 15 is 0 Å². The van der Waals surface area contributed by atoms with Crippen molar-refractivity contribution in [1.82, 2.24) is 36.9 Å². The molecule has 6 unspecified atom stereocenters. The van der Waals surface area contributed by atoms with Gasteiger partial charge in [0.15, 0.2) is 5.96 Å². The molecule has 6 atom stereocenters. The van der Waals surface area contributed by atoms with Crippen molar-refractivity contribution in [3.63, 3.8) is 0 Å². The Hall–Kier alpha value is -6.46. The van der Waals surface area contributed by atoms with Crippen LogP contribution in [0.2, 0.25) is 0 Å². The molecule has 3 aromatic rings. The quantitative estimate of drug-likeness (QED) is 0.0340. The van der Waals surface area contributed by atoms with Gasteiger partial charge in [-0.05, 0) is 50.3 Å². The van der Waals surface area contributed by atoms with Crippen molar-refractivity contribution >= 4 is 58.2 Å². The number of para-hydroxylation sites is 1. The van der Waals surface area contributed by atoms with Crippen LogP contribution in [0.25, 0.3) is 10.9 Å². The van der Waals surface area contributed by atoms with Gasteiger partial charge in [0.05, 0.1) is 0 Å². The van der Waals surface area contributed by atoms with E-state index < -0.39 is 77.6 Å². The number of amides is 7. The summed E-state index contributed by atoms with van der Waals surface area (Å²) in [5.74, 6) is -4.70. The average Bonchev–Trinajstić information content (AvgIpc) is 3.59. The van der Waals surface area contributed by atoms with Crippen molar-refractivity contribution in [2.75, 3.05) is 6.54 Å². The first-order chi connectivity index (χ1) is 27.6. The number of guanidine groups is 1. The number of rotatable bonds is 23. The molecule has 0 aliphatic heterocycles. The Morgan fingerprint density at radius 1 is 0.638 bits per heavy atom. The van der Waals surface area contributed by atoms with Gasteiger partial charge >= 0.3 is 0 Å². The molecule has 0 aliphatic carbocycles. The monoisotopic (exact) mass is 803 g/mol. The second kappa shape index (κ2) is 22.9. The molecule has 58 heavy (non-hydrogen) atoms. The minimum Gasteiger partial charge on any atom is -0.370 e. The third-order valence-electron chi connectivity index (χ3n) is 9.30. The highest BCUT2D eigenvalue weighted by Crippen LogP contribution is 2.19. The molecule has 0 fully saturated rings. The molecule has 0 saturated heterocycles. The second-order valence-electron chi connectivity index (χ2n) is 14.1. The summed E-state index contributed by atoms with van der Waals surface area (Å²) in [5.41, 5.74) is 18.9. The highest BCUT2D eigenvalue weighted by molar-refractivity contribution is 5.97. The maximum absolute atomic E-state index is 14.0. The topological polar surface area (TPSA) is 298 Å². The predicted octanol–water partition coefficient (Wildman–Crippen LogP) is -0.349. The van der Waals surface area contributed by atoms with Crippen molar-refractivity contribution in [2.45, 2.75) is 109 Å². The van der Waals surface area contributed by atoms with Gasteiger partial charge in [-0.2, -0.15) is 0 Å².